The average molecular weight is 649 g/mol. The predicted octanol–water partition coefficient (Wildman–Crippen LogP) is -7.45. The van der Waals surface area contributed by atoms with Crippen molar-refractivity contribution in [2.45, 2.75) is 131 Å². The molecule has 0 aromatic heterocycles. The number of hydrogen-bond acceptors (Lipinski definition) is 19. The van der Waals surface area contributed by atoms with Crippen molar-refractivity contribution in [3.05, 3.63) is 0 Å². The van der Waals surface area contributed by atoms with Gasteiger partial charge in [-0.2, -0.15) is 0 Å². The Bertz CT molecular complexity index is 898. The van der Waals surface area contributed by atoms with Gasteiger partial charge in [-0.15, -0.1) is 0 Å². The molecular weight excluding hydrogens is 604 g/mol. The molecule has 20 atom stereocenters. The van der Waals surface area contributed by atoms with Crippen LogP contribution in [0.1, 0.15) is 13.8 Å². The van der Waals surface area contributed by atoms with Gasteiger partial charge < -0.3 is 94.4 Å². The molecule has 4 aliphatic rings. The van der Waals surface area contributed by atoms with E-state index in [9.17, 15) is 61.3 Å². The first-order valence-electron chi connectivity index (χ1n) is 14.3. The summed E-state index contributed by atoms with van der Waals surface area (Å²) in [5, 5.41) is 123. The van der Waals surface area contributed by atoms with E-state index in [2.05, 4.69) is 0 Å². The Labute approximate surface area is 251 Å². The van der Waals surface area contributed by atoms with E-state index in [-0.39, 0.29) is 0 Å². The number of aliphatic hydroxyl groups excluding tert-OH is 12. The van der Waals surface area contributed by atoms with E-state index in [1.54, 1.807) is 0 Å². The van der Waals surface area contributed by atoms with Crippen molar-refractivity contribution in [2.75, 3.05) is 19.8 Å². The number of ether oxygens (including phenoxy) is 7. The van der Waals surface area contributed by atoms with Gasteiger partial charge in [0, 0.05) is 5.92 Å². The Morgan fingerprint density at radius 2 is 0.977 bits per heavy atom. The molecule has 0 aromatic rings. The fourth-order valence-electron chi connectivity index (χ4n) is 5.65. The van der Waals surface area contributed by atoms with Gasteiger partial charge in [0.2, 0.25) is 0 Å². The predicted molar refractivity (Wildman–Crippen MR) is 136 cm³/mol. The van der Waals surface area contributed by atoms with Crippen molar-refractivity contribution in [1.82, 2.24) is 0 Å². The second-order valence-corrected chi connectivity index (χ2v) is 11.5. The summed E-state index contributed by atoms with van der Waals surface area (Å²) in [6.07, 6.45) is -30.9. The molecule has 4 aliphatic heterocycles. The summed E-state index contributed by atoms with van der Waals surface area (Å²) in [5.41, 5.74) is 0. The van der Waals surface area contributed by atoms with Crippen molar-refractivity contribution in [3.8, 4) is 0 Å². The van der Waals surface area contributed by atoms with Gasteiger partial charge in [0.05, 0.1) is 32.0 Å². The Morgan fingerprint density at radius 1 is 0.432 bits per heavy atom. The van der Waals surface area contributed by atoms with Crippen LogP contribution in [-0.4, -0.2) is 198 Å². The van der Waals surface area contributed by atoms with Gasteiger partial charge >= 0.3 is 0 Å². The molecule has 0 aliphatic carbocycles. The van der Waals surface area contributed by atoms with E-state index in [1.807, 2.05) is 0 Å². The summed E-state index contributed by atoms with van der Waals surface area (Å²) in [5.74, 6) is -0.979. The maximum atomic E-state index is 11.2. The van der Waals surface area contributed by atoms with Crippen molar-refractivity contribution in [1.29, 1.82) is 0 Å². The summed E-state index contributed by atoms with van der Waals surface area (Å²) in [6.45, 7) is 0.432. The van der Waals surface area contributed by atoms with Gasteiger partial charge in [-0.1, -0.05) is 6.92 Å². The minimum absolute atomic E-state index is 0.720. The summed E-state index contributed by atoms with van der Waals surface area (Å²) in [6, 6.07) is 0. The molecule has 4 rings (SSSR count). The van der Waals surface area contributed by atoms with E-state index in [4.69, 9.17) is 33.2 Å². The number of hydrogen-bond donors (Lipinski definition) is 12. The van der Waals surface area contributed by atoms with E-state index >= 15 is 0 Å². The molecule has 0 radical (unpaired) electrons. The van der Waals surface area contributed by atoms with Crippen LogP contribution in [0.2, 0.25) is 0 Å². The van der Waals surface area contributed by atoms with Crippen LogP contribution in [0.25, 0.3) is 0 Å². The molecule has 0 spiro atoms. The van der Waals surface area contributed by atoms with Gasteiger partial charge in [-0.05, 0) is 6.92 Å². The second kappa shape index (κ2) is 15.0. The fourth-order valence-corrected chi connectivity index (χ4v) is 5.65. The van der Waals surface area contributed by atoms with Gasteiger partial charge in [-0.25, -0.2) is 0 Å². The van der Waals surface area contributed by atoms with Gasteiger partial charge in [0.25, 0.3) is 0 Å². The van der Waals surface area contributed by atoms with Crippen LogP contribution in [0.15, 0.2) is 0 Å². The molecule has 12 N–H and O–H groups in total. The molecule has 19 heteroatoms. The standard InChI is InChI=1S/C25H44O19/c1-6-11(29)13(31)8(3-26)40-23(6)43-20-14(32)9(4-27)41-25(42-19-10(5-28)39-22(37)17(35)16(19)34)21(20)44-24-18(36)15(33)12(30)7(2)38-24/h6-37H,3-5H2,1-2H3/t6?,7?,8?,9?,10?,11-,12-,13+,14+,15+,16-,17?,18?,19-,20+,21?,22?,23-,24+,25+/m1/s1. The molecule has 0 bridgehead atoms. The fraction of sp³-hybridized carbons (Fsp3) is 1.00. The van der Waals surface area contributed by atoms with Crippen LogP contribution in [0, 0.1) is 5.92 Å². The van der Waals surface area contributed by atoms with Crippen LogP contribution in [-0.2, 0) is 33.2 Å². The lowest BCUT2D eigenvalue weighted by Crippen LogP contribution is -2.68. The van der Waals surface area contributed by atoms with Crippen molar-refractivity contribution in [2.24, 2.45) is 5.92 Å². The van der Waals surface area contributed by atoms with Crippen LogP contribution in [0.3, 0.4) is 0 Å². The zero-order valence-electron chi connectivity index (χ0n) is 23.9. The average Bonchev–Trinajstić information content (AvgIpc) is 3.01. The summed E-state index contributed by atoms with van der Waals surface area (Å²) in [4.78, 5) is 0. The Balaban J connectivity index is 1.69. The molecule has 4 heterocycles. The van der Waals surface area contributed by atoms with Gasteiger partial charge in [0.1, 0.15) is 79.4 Å². The molecule has 258 valence electrons. The number of rotatable bonds is 9. The minimum Gasteiger partial charge on any atom is -0.394 e. The summed E-state index contributed by atoms with van der Waals surface area (Å²) in [7, 11) is 0. The zero-order chi connectivity index (χ0) is 32.6. The highest BCUT2D eigenvalue weighted by molar-refractivity contribution is 4.98. The Hall–Kier alpha value is -0.760. The largest absolute Gasteiger partial charge is 0.394 e. The summed E-state index contributed by atoms with van der Waals surface area (Å²) < 4.78 is 39.8. The highest BCUT2D eigenvalue weighted by Gasteiger charge is 2.56. The van der Waals surface area contributed by atoms with Gasteiger partial charge in [0.15, 0.2) is 25.2 Å². The van der Waals surface area contributed by atoms with E-state index in [0.717, 1.165) is 0 Å². The Kier molecular flexibility index (Phi) is 12.3. The molecule has 0 amide bonds. The molecule has 4 saturated heterocycles. The van der Waals surface area contributed by atoms with Gasteiger partial charge in [-0.3, -0.25) is 0 Å². The van der Waals surface area contributed by atoms with Crippen LogP contribution in [0.5, 0.6) is 0 Å². The third kappa shape index (κ3) is 7.06. The molecule has 4 fully saturated rings. The maximum Gasteiger partial charge on any atom is 0.187 e. The topological polar surface area (TPSA) is 307 Å². The lowest BCUT2D eigenvalue weighted by molar-refractivity contribution is -0.402. The van der Waals surface area contributed by atoms with Crippen LogP contribution in [0.4, 0.5) is 0 Å². The summed E-state index contributed by atoms with van der Waals surface area (Å²) >= 11 is 0. The minimum atomic E-state index is -1.90. The third-order valence-electron chi connectivity index (χ3n) is 8.51. The van der Waals surface area contributed by atoms with Crippen molar-refractivity contribution in [3.63, 3.8) is 0 Å². The molecule has 0 aromatic carbocycles. The monoisotopic (exact) mass is 648 g/mol. The quantitative estimate of drug-likeness (QED) is 0.110. The third-order valence-corrected chi connectivity index (χ3v) is 8.51. The first kappa shape index (κ1) is 36.1. The lowest BCUT2D eigenvalue weighted by atomic mass is 9.91. The number of aliphatic hydroxyl groups is 12. The molecular formula is C25H44O19. The SMILES string of the molecule is CC1O[C@@H](OC2[C@H](O[C@@H]3C(CO)OC(O)C(O)[C@H]3O)OC(CO)[C@H](O)[C@@H]2O[C@H]2OC(CO)[C@H](O)[C@H](O)C2C)C(O)[C@@H](O)[C@@H]1O. The van der Waals surface area contributed by atoms with E-state index < -0.39 is 142 Å². The molecule has 19 nitrogen and oxygen atoms in total. The van der Waals surface area contributed by atoms with Crippen LogP contribution >= 0.6 is 0 Å². The van der Waals surface area contributed by atoms with Crippen LogP contribution < -0.4 is 0 Å². The van der Waals surface area contributed by atoms with E-state index in [0.29, 0.717) is 0 Å². The van der Waals surface area contributed by atoms with E-state index in [1.165, 1.54) is 13.8 Å². The lowest BCUT2D eigenvalue weighted by Gasteiger charge is -2.50. The highest BCUT2D eigenvalue weighted by Crippen LogP contribution is 2.36. The first-order valence-corrected chi connectivity index (χ1v) is 14.3. The van der Waals surface area contributed by atoms with Crippen molar-refractivity contribution < 1.29 is 94.4 Å². The maximum absolute atomic E-state index is 11.2. The second-order valence-electron chi connectivity index (χ2n) is 11.5. The Morgan fingerprint density at radius 3 is 1.59 bits per heavy atom. The zero-order valence-corrected chi connectivity index (χ0v) is 23.9. The highest BCUT2D eigenvalue weighted by atomic mass is 16.8. The van der Waals surface area contributed by atoms with Crippen molar-refractivity contribution >= 4 is 0 Å². The molecule has 9 unspecified atom stereocenters. The molecule has 44 heavy (non-hydrogen) atoms. The smallest absolute Gasteiger partial charge is 0.187 e. The molecule has 0 saturated carbocycles. The first-order chi connectivity index (χ1) is 20.7. The normalized spacial score (nSPS) is 53.9.